The zero-order valence-corrected chi connectivity index (χ0v) is 16.7. The van der Waals surface area contributed by atoms with E-state index in [0.29, 0.717) is 11.3 Å². The van der Waals surface area contributed by atoms with Gasteiger partial charge in [-0.3, -0.25) is 14.5 Å². The van der Waals surface area contributed by atoms with Crippen LogP contribution in [-0.4, -0.2) is 35.3 Å². The van der Waals surface area contributed by atoms with Gasteiger partial charge in [-0.1, -0.05) is 30.3 Å². The van der Waals surface area contributed by atoms with E-state index in [1.165, 1.54) is 6.92 Å². The highest BCUT2D eigenvalue weighted by atomic mass is 19.1. The molecule has 0 saturated carbocycles. The molecule has 1 heterocycles. The number of carbonyl (C=O) groups is 3. The van der Waals surface area contributed by atoms with Crippen molar-refractivity contribution in [1.82, 2.24) is 15.5 Å². The number of urea groups is 1. The molecular weight excluding hydrogens is 392 g/mol. The molecule has 6 nitrogen and oxygen atoms in total. The third-order valence-electron chi connectivity index (χ3n) is 5.16. The summed E-state index contributed by atoms with van der Waals surface area (Å²) in [4.78, 5) is 38.2. The Labute approximate surface area is 173 Å². The number of carbonyl (C=O) groups excluding carboxylic acids is 3. The number of rotatable bonds is 7. The number of benzene rings is 2. The van der Waals surface area contributed by atoms with Gasteiger partial charge >= 0.3 is 6.03 Å². The maximum atomic E-state index is 14.2. The van der Waals surface area contributed by atoms with Gasteiger partial charge in [0.1, 0.15) is 23.7 Å². The summed E-state index contributed by atoms with van der Waals surface area (Å²) in [6.45, 7) is 2.61. The Kier molecular flexibility index (Phi) is 6.14. The van der Waals surface area contributed by atoms with Crippen molar-refractivity contribution in [3.05, 3.63) is 71.3 Å². The topological polar surface area (TPSA) is 78.5 Å². The minimum Gasteiger partial charge on any atom is -0.352 e. The number of hydrogen-bond acceptors (Lipinski definition) is 3. The fourth-order valence-corrected chi connectivity index (χ4v) is 3.47. The lowest BCUT2D eigenvalue weighted by atomic mass is 9.91. The fraction of sp³-hybridized carbons (Fsp3) is 0.318. The lowest BCUT2D eigenvalue weighted by Crippen LogP contribution is -2.45. The van der Waals surface area contributed by atoms with Crippen LogP contribution >= 0.6 is 0 Å². The number of amides is 4. The summed E-state index contributed by atoms with van der Waals surface area (Å²) in [7, 11) is 0. The molecule has 1 fully saturated rings. The summed E-state index contributed by atoms with van der Waals surface area (Å²) in [5.41, 5.74) is -0.941. The van der Waals surface area contributed by atoms with E-state index in [9.17, 15) is 23.2 Å². The van der Waals surface area contributed by atoms with Gasteiger partial charge in [0, 0.05) is 11.6 Å². The molecule has 0 bridgehead atoms. The minimum absolute atomic E-state index is 0.175. The van der Waals surface area contributed by atoms with Gasteiger partial charge in [0.2, 0.25) is 5.91 Å². The van der Waals surface area contributed by atoms with E-state index in [2.05, 4.69) is 10.6 Å². The molecule has 1 aliphatic heterocycles. The molecule has 0 radical (unpaired) electrons. The standard InChI is InChI=1S/C22H23F2N3O3/c1-14(8-9-15-6-4-3-5-7-15)25-19(28)13-27-20(29)22(2,26-21(27)30)17-12-16(23)10-11-18(17)24/h3-7,10-12,14H,8-9,13H2,1-2H3,(H,25,28)(H,26,30). The highest BCUT2D eigenvalue weighted by Gasteiger charge is 2.50. The van der Waals surface area contributed by atoms with E-state index in [4.69, 9.17) is 0 Å². The van der Waals surface area contributed by atoms with Crippen LogP contribution in [-0.2, 0) is 21.5 Å². The summed E-state index contributed by atoms with van der Waals surface area (Å²) < 4.78 is 27.8. The molecule has 1 saturated heterocycles. The predicted molar refractivity (Wildman–Crippen MR) is 106 cm³/mol. The van der Waals surface area contributed by atoms with Gasteiger partial charge in [-0.05, 0) is 50.5 Å². The predicted octanol–water partition coefficient (Wildman–Crippen LogP) is 2.87. The summed E-state index contributed by atoms with van der Waals surface area (Å²) in [6, 6.07) is 11.5. The number of aryl methyl sites for hydroxylation is 1. The van der Waals surface area contributed by atoms with Crippen molar-refractivity contribution in [2.24, 2.45) is 0 Å². The van der Waals surface area contributed by atoms with Crippen molar-refractivity contribution >= 4 is 17.8 Å². The normalized spacial score (nSPS) is 19.5. The van der Waals surface area contributed by atoms with Crippen LogP contribution in [0.15, 0.2) is 48.5 Å². The van der Waals surface area contributed by atoms with E-state index in [-0.39, 0.29) is 11.6 Å². The smallest absolute Gasteiger partial charge is 0.325 e. The molecule has 2 aromatic rings. The molecule has 30 heavy (non-hydrogen) atoms. The maximum Gasteiger partial charge on any atom is 0.325 e. The number of hydrogen-bond donors (Lipinski definition) is 2. The highest BCUT2D eigenvalue weighted by molar-refractivity contribution is 6.09. The SMILES string of the molecule is CC(CCc1ccccc1)NC(=O)CN1C(=O)NC(C)(c2cc(F)ccc2F)C1=O. The van der Waals surface area contributed by atoms with Crippen LogP contribution < -0.4 is 10.6 Å². The summed E-state index contributed by atoms with van der Waals surface area (Å²) >= 11 is 0. The fourth-order valence-electron chi connectivity index (χ4n) is 3.47. The van der Waals surface area contributed by atoms with Crippen molar-refractivity contribution in [1.29, 1.82) is 0 Å². The van der Waals surface area contributed by atoms with Crippen LogP contribution in [0.3, 0.4) is 0 Å². The van der Waals surface area contributed by atoms with Gasteiger partial charge in [-0.2, -0.15) is 0 Å². The molecular formula is C22H23F2N3O3. The van der Waals surface area contributed by atoms with Crippen LogP contribution in [0.1, 0.15) is 31.4 Å². The van der Waals surface area contributed by atoms with Crippen molar-refractivity contribution in [2.45, 2.75) is 38.3 Å². The molecule has 0 aliphatic carbocycles. The Balaban J connectivity index is 1.62. The van der Waals surface area contributed by atoms with E-state index in [0.717, 1.165) is 30.2 Å². The van der Waals surface area contributed by atoms with E-state index in [1.54, 1.807) is 0 Å². The Morgan fingerprint density at radius 3 is 2.57 bits per heavy atom. The third kappa shape index (κ3) is 4.48. The molecule has 2 unspecified atom stereocenters. The van der Waals surface area contributed by atoms with E-state index in [1.807, 2.05) is 37.3 Å². The first-order chi connectivity index (χ1) is 14.2. The van der Waals surface area contributed by atoms with Gasteiger partial charge in [0.15, 0.2) is 0 Å². The van der Waals surface area contributed by atoms with Gasteiger partial charge < -0.3 is 10.6 Å². The van der Waals surface area contributed by atoms with E-state index >= 15 is 0 Å². The molecule has 4 amide bonds. The molecule has 0 spiro atoms. The second-order valence-corrected chi connectivity index (χ2v) is 7.56. The number of nitrogens with one attached hydrogen (secondary N) is 2. The van der Waals surface area contributed by atoms with Crippen LogP contribution in [0.2, 0.25) is 0 Å². The molecule has 3 rings (SSSR count). The minimum atomic E-state index is -1.79. The lowest BCUT2D eigenvalue weighted by molar-refractivity contribution is -0.135. The van der Waals surface area contributed by atoms with Crippen molar-refractivity contribution in [2.75, 3.05) is 6.54 Å². The molecule has 1 aliphatic rings. The van der Waals surface area contributed by atoms with Gasteiger partial charge in [-0.15, -0.1) is 0 Å². The summed E-state index contributed by atoms with van der Waals surface area (Å²) in [5, 5.41) is 5.13. The van der Waals surface area contributed by atoms with Crippen molar-refractivity contribution < 1.29 is 23.2 Å². The number of imide groups is 1. The summed E-state index contributed by atoms with van der Waals surface area (Å²) in [6.07, 6.45) is 1.45. The Bertz CT molecular complexity index is 967. The molecule has 2 atom stereocenters. The largest absolute Gasteiger partial charge is 0.352 e. The van der Waals surface area contributed by atoms with Gasteiger partial charge in [0.25, 0.3) is 5.91 Å². The maximum absolute atomic E-state index is 14.2. The Morgan fingerprint density at radius 2 is 1.87 bits per heavy atom. The Hall–Kier alpha value is -3.29. The first kappa shape index (κ1) is 21.4. The van der Waals surface area contributed by atoms with Crippen LogP contribution in [0.4, 0.5) is 13.6 Å². The molecule has 2 N–H and O–H groups in total. The van der Waals surface area contributed by atoms with Crippen LogP contribution in [0, 0.1) is 11.6 Å². The molecule has 8 heteroatoms. The average Bonchev–Trinajstić information content (AvgIpc) is 2.93. The summed E-state index contributed by atoms with van der Waals surface area (Å²) in [5.74, 6) is -2.89. The van der Waals surface area contributed by atoms with Crippen molar-refractivity contribution in [3.8, 4) is 0 Å². The number of halogens is 2. The first-order valence-electron chi connectivity index (χ1n) is 9.63. The zero-order chi connectivity index (χ0) is 21.9. The lowest BCUT2D eigenvalue weighted by Gasteiger charge is -2.23. The first-order valence-corrected chi connectivity index (χ1v) is 9.63. The number of nitrogens with zero attached hydrogens (tertiary/aromatic N) is 1. The molecule has 0 aromatic heterocycles. The van der Waals surface area contributed by atoms with Gasteiger partial charge in [0.05, 0.1) is 0 Å². The Morgan fingerprint density at radius 1 is 1.17 bits per heavy atom. The van der Waals surface area contributed by atoms with Gasteiger partial charge in [-0.25, -0.2) is 13.6 Å². The third-order valence-corrected chi connectivity index (χ3v) is 5.16. The second-order valence-electron chi connectivity index (χ2n) is 7.56. The van der Waals surface area contributed by atoms with Crippen molar-refractivity contribution in [3.63, 3.8) is 0 Å². The molecule has 2 aromatic carbocycles. The average molecular weight is 415 g/mol. The van der Waals surface area contributed by atoms with Crippen LogP contribution in [0.25, 0.3) is 0 Å². The molecule has 158 valence electrons. The van der Waals surface area contributed by atoms with E-state index < -0.39 is 41.6 Å². The highest BCUT2D eigenvalue weighted by Crippen LogP contribution is 2.31. The second kappa shape index (κ2) is 8.61. The quantitative estimate of drug-likeness (QED) is 0.683. The zero-order valence-electron chi connectivity index (χ0n) is 16.7. The van der Waals surface area contributed by atoms with Crippen LogP contribution in [0.5, 0.6) is 0 Å². The monoisotopic (exact) mass is 415 g/mol.